The van der Waals surface area contributed by atoms with Gasteiger partial charge in [0.25, 0.3) is 0 Å². The van der Waals surface area contributed by atoms with Crippen LogP contribution in [0.4, 0.5) is 0 Å². The number of para-hydroxylation sites is 1. The number of likely N-dealkylation sites (tertiary alicyclic amines) is 1. The van der Waals surface area contributed by atoms with Gasteiger partial charge in [0.2, 0.25) is 11.8 Å². The average molecular weight is 449 g/mol. The topological polar surface area (TPSA) is 84.2 Å². The van der Waals surface area contributed by atoms with Crippen molar-refractivity contribution in [3.05, 3.63) is 47.7 Å². The summed E-state index contributed by atoms with van der Waals surface area (Å²) in [5.74, 6) is 2.78. The normalized spacial score (nSPS) is 24.4. The molecule has 3 aliphatic rings. The van der Waals surface area contributed by atoms with E-state index >= 15 is 0 Å². The third-order valence-corrected chi connectivity index (χ3v) is 7.81. The van der Waals surface area contributed by atoms with Crippen LogP contribution < -0.4 is 0 Å². The molecule has 6 rings (SSSR count). The van der Waals surface area contributed by atoms with Crippen LogP contribution in [0.15, 0.2) is 35.0 Å². The molecule has 2 saturated heterocycles. The summed E-state index contributed by atoms with van der Waals surface area (Å²) in [5, 5.41) is 5.64. The highest BCUT2D eigenvalue weighted by Crippen LogP contribution is 2.46. The van der Waals surface area contributed by atoms with Crippen LogP contribution in [0.2, 0.25) is 0 Å². The summed E-state index contributed by atoms with van der Waals surface area (Å²) in [6.45, 7) is 3.01. The molecule has 1 unspecified atom stereocenters. The van der Waals surface area contributed by atoms with Gasteiger partial charge in [0.05, 0.1) is 11.8 Å². The number of aromatic amines is 1. The Bertz CT molecular complexity index is 1130. The highest BCUT2D eigenvalue weighted by atomic mass is 16.5. The molecule has 0 bridgehead atoms. The second kappa shape index (κ2) is 8.60. The number of nitrogens with zero attached hydrogens (tertiary/aromatic N) is 3. The molecule has 7 nitrogen and oxygen atoms in total. The molecule has 0 radical (unpaired) electrons. The van der Waals surface area contributed by atoms with Crippen molar-refractivity contribution in [2.45, 2.75) is 62.7 Å². The fourth-order valence-electron chi connectivity index (χ4n) is 5.77. The Balaban J connectivity index is 1.23. The molecule has 174 valence electrons. The molecule has 1 aliphatic carbocycles. The third kappa shape index (κ3) is 4.19. The summed E-state index contributed by atoms with van der Waals surface area (Å²) in [6.07, 6.45) is 9.87. The predicted molar refractivity (Wildman–Crippen MR) is 124 cm³/mol. The zero-order valence-corrected chi connectivity index (χ0v) is 19.1. The molecule has 3 aromatic rings. The maximum absolute atomic E-state index is 13.4. The molecule has 1 atom stereocenters. The first-order chi connectivity index (χ1) is 16.2. The number of H-pyrrole nitrogens is 1. The lowest BCUT2D eigenvalue weighted by Crippen LogP contribution is -2.49. The van der Waals surface area contributed by atoms with Crippen molar-refractivity contribution >= 4 is 16.8 Å². The van der Waals surface area contributed by atoms with Gasteiger partial charge >= 0.3 is 0 Å². The monoisotopic (exact) mass is 448 g/mol. The number of amides is 1. The lowest BCUT2D eigenvalue weighted by Gasteiger charge is -2.41. The van der Waals surface area contributed by atoms with Gasteiger partial charge < -0.3 is 19.1 Å². The molecule has 33 heavy (non-hydrogen) atoms. The minimum atomic E-state index is -0.192. The maximum Gasteiger partial charge on any atom is 0.229 e. The number of benzene rings is 1. The van der Waals surface area contributed by atoms with Crippen LogP contribution in [0.5, 0.6) is 0 Å². The van der Waals surface area contributed by atoms with E-state index in [0.717, 1.165) is 86.0 Å². The van der Waals surface area contributed by atoms with E-state index in [4.69, 9.17) is 14.2 Å². The van der Waals surface area contributed by atoms with Gasteiger partial charge in [-0.15, -0.1) is 0 Å². The Morgan fingerprint density at radius 3 is 2.88 bits per heavy atom. The van der Waals surface area contributed by atoms with Crippen LogP contribution in [-0.2, 0) is 21.4 Å². The summed E-state index contributed by atoms with van der Waals surface area (Å²) >= 11 is 0. The first-order valence-electron chi connectivity index (χ1n) is 12.4. The summed E-state index contributed by atoms with van der Waals surface area (Å²) in [7, 11) is 0. The largest absolute Gasteiger partial charge is 0.381 e. The van der Waals surface area contributed by atoms with E-state index in [1.807, 2.05) is 18.3 Å². The van der Waals surface area contributed by atoms with Gasteiger partial charge in [-0.05, 0) is 49.7 Å². The molecule has 0 spiro atoms. The minimum absolute atomic E-state index is 0.188. The molecular weight excluding hydrogens is 416 g/mol. The highest BCUT2D eigenvalue weighted by molar-refractivity contribution is 5.89. The van der Waals surface area contributed by atoms with Gasteiger partial charge in [0.1, 0.15) is 0 Å². The third-order valence-electron chi connectivity index (χ3n) is 7.81. The van der Waals surface area contributed by atoms with E-state index in [1.165, 1.54) is 12.8 Å². The van der Waals surface area contributed by atoms with Crippen molar-refractivity contribution in [2.75, 3.05) is 26.3 Å². The Morgan fingerprint density at radius 1 is 1.18 bits per heavy atom. The van der Waals surface area contributed by atoms with Crippen molar-refractivity contribution in [3.63, 3.8) is 0 Å². The van der Waals surface area contributed by atoms with Gasteiger partial charge in [0, 0.05) is 49.3 Å². The van der Waals surface area contributed by atoms with E-state index in [0.29, 0.717) is 18.9 Å². The number of nitrogens with one attached hydrogen (secondary N) is 1. The molecule has 4 heterocycles. The second-order valence-electron chi connectivity index (χ2n) is 10.2. The van der Waals surface area contributed by atoms with Crippen LogP contribution in [0.1, 0.15) is 68.1 Å². The molecule has 1 N–H and O–H groups in total. The lowest BCUT2D eigenvalue weighted by atomic mass is 9.74. The Kier molecular flexibility index (Phi) is 5.45. The van der Waals surface area contributed by atoms with Crippen LogP contribution in [0.25, 0.3) is 10.9 Å². The minimum Gasteiger partial charge on any atom is -0.381 e. The highest BCUT2D eigenvalue weighted by Gasteiger charge is 2.46. The molecule has 1 aromatic carbocycles. The molecule has 7 heteroatoms. The van der Waals surface area contributed by atoms with Gasteiger partial charge in [0.15, 0.2) is 5.82 Å². The number of rotatable bonds is 6. The van der Waals surface area contributed by atoms with E-state index in [9.17, 15) is 4.79 Å². The standard InChI is InChI=1S/C26H32N4O3/c31-23(14-20-16-27-22-5-2-1-4-21(20)22)30-11-3-10-26(17-30,15-18-6-7-18)25-28-24(33-29-25)19-8-12-32-13-9-19/h1-2,4-5,16,18-19,27H,3,6-15,17H2. The average Bonchev–Trinajstić information content (AvgIpc) is 3.35. The Morgan fingerprint density at radius 2 is 2.03 bits per heavy atom. The fraction of sp³-hybridized carbons (Fsp3) is 0.577. The maximum atomic E-state index is 13.4. The van der Waals surface area contributed by atoms with Gasteiger partial charge in [-0.25, -0.2) is 0 Å². The molecule has 2 aromatic heterocycles. The van der Waals surface area contributed by atoms with E-state index < -0.39 is 0 Å². The Labute approximate surface area is 193 Å². The van der Waals surface area contributed by atoms with Crippen molar-refractivity contribution in [1.29, 1.82) is 0 Å². The molecule has 3 fully saturated rings. The van der Waals surface area contributed by atoms with Gasteiger partial charge in [-0.1, -0.05) is 36.2 Å². The van der Waals surface area contributed by atoms with Crippen molar-refractivity contribution in [1.82, 2.24) is 20.0 Å². The van der Waals surface area contributed by atoms with E-state index in [1.54, 1.807) is 0 Å². The summed E-state index contributed by atoms with van der Waals surface area (Å²) in [6, 6.07) is 8.18. The van der Waals surface area contributed by atoms with Crippen molar-refractivity contribution in [2.24, 2.45) is 5.92 Å². The number of carbonyl (C=O) groups excluding carboxylic acids is 1. The van der Waals surface area contributed by atoms with Crippen LogP contribution in [0, 0.1) is 5.92 Å². The number of hydrogen-bond donors (Lipinski definition) is 1. The van der Waals surface area contributed by atoms with E-state index in [2.05, 4.69) is 27.2 Å². The number of fused-ring (bicyclic) bond motifs is 1. The van der Waals surface area contributed by atoms with Crippen LogP contribution in [-0.4, -0.2) is 52.2 Å². The first kappa shape index (κ1) is 20.9. The molecule has 1 saturated carbocycles. The number of ether oxygens (including phenoxy) is 1. The SMILES string of the molecule is O=C(Cc1c[nH]c2ccccc12)N1CCCC(CC2CC2)(c2noc(C3CCOCC3)n2)C1. The number of carbonyl (C=O) groups is 1. The lowest BCUT2D eigenvalue weighted by molar-refractivity contribution is -0.133. The predicted octanol–water partition coefficient (Wildman–Crippen LogP) is 4.35. The fourth-order valence-corrected chi connectivity index (χ4v) is 5.77. The van der Waals surface area contributed by atoms with Crippen LogP contribution in [0.3, 0.4) is 0 Å². The first-order valence-corrected chi connectivity index (χ1v) is 12.4. The zero-order valence-electron chi connectivity index (χ0n) is 19.1. The Hall–Kier alpha value is -2.67. The number of hydrogen-bond acceptors (Lipinski definition) is 5. The molecular formula is C26H32N4O3. The number of piperidine rings is 1. The number of aromatic nitrogens is 3. The van der Waals surface area contributed by atoms with Gasteiger partial charge in [-0.2, -0.15) is 4.98 Å². The molecule has 2 aliphatic heterocycles. The quantitative estimate of drug-likeness (QED) is 0.606. The van der Waals surface area contributed by atoms with E-state index in [-0.39, 0.29) is 11.3 Å². The second-order valence-corrected chi connectivity index (χ2v) is 10.2. The zero-order chi connectivity index (χ0) is 22.3. The summed E-state index contributed by atoms with van der Waals surface area (Å²) < 4.78 is 11.3. The van der Waals surface area contributed by atoms with Gasteiger partial charge in [-0.3, -0.25) is 4.79 Å². The smallest absolute Gasteiger partial charge is 0.229 e. The van der Waals surface area contributed by atoms with Crippen molar-refractivity contribution < 1.29 is 14.1 Å². The molecule has 1 amide bonds. The summed E-state index contributed by atoms with van der Waals surface area (Å²) in [4.78, 5) is 23.7. The van der Waals surface area contributed by atoms with Crippen molar-refractivity contribution in [3.8, 4) is 0 Å². The summed E-state index contributed by atoms with van der Waals surface area (Å²) in [5.41, 5.74) is 1.95. The van der Waals surface area contributed by atoms with Crippen LogP contribution >= 0.6 is 0 Å².